The summed E-state index contributed by atoms with van der Waals surface area (Å²) in [5.74, 6) is 0.131. The molecule has 0 bridgehead atoms. The van der Waals surface area contributed by atoms with Gasteiger partial charge in [-0.1, -0.05) is 59.7 Å². The summed E-state index contributed by atoms with van der Waals surface area (Å²) < 4.78 is 0. The molecule has 2 rings (SSSR count). The highest BCUT2D eigenvalue weighted by Gasteiger charge is 1.89. The van der Waals surface area contributed by atoms with E-state index in [9.17, 15) is 0 Å². The van der Waals surface area contributed by atoms with Crippen molar-refractivity contribution in [2.24, 2.45) is 21.0 Å². The van der Waals surface area contributed by atoms with Crippen molar-refractivity contribution in [3.8, 4) is 0 Å². The van der Waals surface area contributed by atoms with Crippen LogP contribution in [0, 0.1) is 13.8 Å². The first-order chi connectivity index (χ1) is 10.6. The van der Waals surface area contributed by atoms with Crippen molar-refractivity contribution >= 4 is 18.4 Å². The molecule has 3 N–H and O–H groups in total. The van der Waals surface area contributed by atoms with Crippen molar-refractivity contribution in [2.75, 3.05) is 0 Å². The van der Waals surface area contributed by atoms with Gasteiger partial charge in [0.2, 0.25) is 5.96 Å². The van der Waals surface area contributed by atoms with Gasteiger partial charge in [0, 0.05) is 0 Å². The fourth-order valence-corrected chi connectivity index (χ4v) is 1.66. The number of benzene rings is 2. The normalized spacial score (nSPS) is 12.2. The summed E-state index contributed by atoms with van der Waals surface area (Å²) in [7, 11) is 0. The summed E-state index contributed by atoms with van der Waals surface area (Å²) in [5.41, 5.74) is 12.6. The van der Waals surface area contributed by atoms with Crippen LogP contribution in [0.15, 0.2) is 63.8 Å². The highest BCUT2D eigenvalue weighted by Crippen LogP contribution is 2.00. The largest absolute Gasteiger partial charge is 0.367 e. The number of guanidine groups is 1. The molecule has 0 spiro atoms. The van der Waals surface area contributed by atoms with Crippen molar-refractivity contribution in [3.05, 3.63) is 70.8 Å². The second-order valence-electron chi connectivity index (χ2n) is 4.92. The minimum absolute atomic E-state index is 0.131. The zero-order valence-electron chi connectivity index (χ0n) is 12.7. The van der Waals surface area contributed by atoms with E-state index in [1.54, 1.807) is 12.4 Å². The van der Waals surface area contributed by atoms with E-state index in [0.29, 0.717) is 0 Å². The Balaban J connectivity index is 1.87. The Hall–Kier alpha value is -2.95. The van der Waals surface area contributed by atoms with Crippen LogP contribution in [-0.4, -0.2) is 18.4 Å². The lowest BCUT2D eigenvalue weighted by Gasteiger charge is -1.97. The Morgan fingerprint density at radius 2 is 1.36 bits per heavy atom. The second kappa shape index (κ2) is 7.73. The van der Waals surface area contributed by atoms with E-state index >= 15 is 0 Å². The van der Waals surface area contributed by atoms with E-state index < -0.39 is 0 Å². The van der Waals surface area contributed by atoms with Crippen molar-refractivity contribution in [2.45, 2.75) is 13.8 Å². The molecule has 0 fully saturated rings. The summed E-state index contributed by atoms with van der Waals surface area (Å²) in [6, 6.07) is 15.9. The first kappa shape index (κ1) is 15.4. The molecule has 2 aromatic carbocycles. The summed E-state index contributed by atoms with van der Waals surface area (Å²) >= 11 is 0. The van der Waals surface area contributed by atoms with Crippen LogP contribution in [0.25, 0.3) is 0 Å². The number of hydrogen-bond donors (Lipinski definition) is 2. The first-order valence-corrected chi connectivity index (χ1v) is 6.92. The summed E-state index contributed by atoms with van der Waals surface area (Å²) in [5, 5.41) is 11.7. The lowest BCUT2D eigenvalue weighted by molar-refractivity contribution is 0.994. The summed E-state index contributed by atoms with van der Waals surface area (Å²) in [4.78, 5) is 0. The van der Waals surface area contributed by atoms with Crippen LogP contribution in [0.1, 0.15) is 22.3 Å². The number of rotatable bonds is 4. The highest BCUT2D eigenvalue weighted by atomic mass is 15.4. The highest BCUT2D eigenvalue weighted by molar-refractivity contribution is 5.84. The molecule has 22 heavy (non-hydrogen) atoms. The molecular weight excluding hydrogens is 274 g/mol. The fourth-order valence-electron chi connectivity index (χ4n) is 1.66. The van der Waals surface area contributed by atoms with E-state index in [1.807, 2.05) is 62.4 Å². The second-order valence-corrected chi connectivity index (χ2v) is 4.92. The zero-order chi connectivity index (χ0) is 15.8. The number of hydrogen-bond acceptors (Lipinski definition) is 3. The minimum Gasteiger partial charge on any atom is -0.367 e. The number of nitrogens with one attached hydrogen (secondary N) is 1. The predicted octanol–water partition coefficient (Wildman–Crippen LogP) is 2.58. The monoisotopic (exact) mass is 293 g/mol. The molecule has 0 aliphatic heterocycles. The zero-order valence-corrected chi connectivity index (χ0v) is 12.7. The Morgan fingerprint density at radius 3 is 1.91 bits per heavy atom. The van der Waals surface area contributed by atoms with Crippen LogP contribution in [-0.2, 0) is 0 Å². The quantitative estimate of drug-likeness (QED) is 0.516. The van der Waals surface area contributed by atoms with Gasteiger partial charge in [0.15, 0.2) is 0 Å². The van der Waals surface area contributed by atoms with Gasteiger partial charge in [-0.15, -0.1) is 5.10 Å². The Labute approximate surface area is 130 Å². The van der Waals surface area contributed by atoms with Gasteiger partial charge in [0.05, 0.1) is 12.4 Å². The summed E-state index contributed by atoms with van der Waals surface area (Å²) in [6.45, 7) is 4.07. The third-order valence-corrected chi connectivity index (χ3v) is 2.92. The maximum Gasteiger partial charge on any atom is 0.234 e. The van der Waals surface area contributed by atoms with Gasteiger partial charge in [-0.05, 0) is 25.0 Å². The molecule has 112 valence electrons. The van der Waals surface area contributed by atoms with E-state index in [1.165, 1.54) is 11.1 Å². The maximum absolute atomic E-state index is 5.66. The van der Waals surface area contributed by atoms with Gasteiger partial charge in [0.1, 0.15) is 0 Å². The number of nitrogens with zero attached hydrogens (tertiary/aromatic N) is 3. The van der Waals surface area contributed by atoms with E-state index in [0.717, 1.165) is 11.1 Å². The van der Waals surface area contributed by atoms with Crippen LogP contribution in [0.4, 0.5) is 0 Å². The Kier molecular flexibility index (Phi) is 5.43. The van der Waals surface area contributed by atoms with Gasteiger partial charge in [-0.2, -0.15) is 10.2 Å². The maximum atomic E-state index is 5.66. The van der Waals surface area contributed by atoms with Crippen LogP contribution < -0.4 is 11.2 Å². The van der Waals surface area contributed by atoms with Gasteiger partial charge in [-0.25, -0.2) is 5.43 Å². The van der Waals surface area contributed by atoms with Crippen LogP contribution >= 0.6 is 0 Å². The molecule has 0 aliphatic carbocycles. The van der Waals surface area contributed by atoms with E-state index in [4.69, 9.17) is 5.73 Å². The van der Waals surface area contributed by atoms with Crippen molar-refractivity contribution in [3.63, 3.8) is 0 Å². The average Bonchev–Trinajstić information content (AvgIpc) is 2.51. The standard InChI is InChI=1S/C17H19N5/c1-13-3-7-15(8-4-13)11-19-21-17(18)22-20-12-16-9-5-14(2)6-10-16/h3-12H,1-2H3,(H3,18,21,22)/b19-11+,20-12?. The third kappa shape index (κ3) is 5.20. The number of nitrogens with two attached hydrogens (primary N) is 1. The molecular formula is C17H19N5. The van der Waals surface area contributed by atoms with E-state index in [2.05, 4.69) is 20.7 Å². The minimum atomic E-state index is 0.131. The third-order valence-electron chi connectivity index (χ3n) is 2.92. The molecule has 0 heterocycles. The van der Waals surface area contributed by atoms with E-state index in [-0.39, 0.29) is 5.96 Å². The summed E-state index contributed by atoms with van der Waals surface area (Å²) in [6.07, 6.45) is 3.31. The molecule has 0 radical (unpaired) electrons. The van der Waals surface area contributed by atoms with Crippen molar-refractivity contribution in [1.29, 1.82) is 0 Å². The molecule has 5 nitrogen and oxygen atoms in total. The van der Waals surface area contributed by atoms with Gasteiger partial charge >= 0.3 is 0 Å². The smallest absolute Gasteiger partial charge is 0.234 e. The lowest BCUT2D eigenvalue weighted by atomic mass is 10.2. The molecule has 0 aromatic heterocycles. The molecule has 2 aromatic rings. The topological polar surface area (TPSA) is 75.1 Å². The number of aryl methyl sites for hydroxylation is 2. The SMILES string of the molecule is Cc1ccc(C=NN/C(N)=N/N=C/c2ccc(C)cc2)cc1. The molecule has 0 unspecified atom stereocenters. The van der Waals surface area contributed by atoms with Crippen molar-refractivity contribution in [1.82, 2.24) is 5.43 Å². The Morgan fingerprint density at radius 1 is 0.864 bits per heavy atom. The predicted molar refractivity (Wildman–Crippen MR) is 92.3 cm³/mol. The first-order valence-electron chi connectivity index (χ1n) is 6.92. The molecule has 0 amide bonds. The molecule has 0 saturated carbocycles. The molecule has 0 saturated heterocycles. The molecule has 0 aliphatic rings. The molecule has 5 heteroatoms. The van der Waals surface area contributed by atoms with Gasteiger partial charge < -0.3 is 5.73 Å². The van der Waals surface area contributed by atoms with Crippen LogP contribution in [0.2, 0.25) is 0 Å². The van der Waals surface area contributed by atoms with Crippen LogP contribution in [0.3, 0.4) is 0 Å². The number of hydrazone groups is 1. The average molecular weight is 293 g/mol. The van der Waals surface area contributed by atoms with Crippen molar-refractivity contribution < 1.29 is 0 Å². The Bertz CT molecular complexity index is 682. The fraction of sp³-hybridized carbons (Fsp3) is 0.118. The molecule has 0 atom stereocenters. The lowest BCUT2D eigenvalue weighted by Crippen LogP contribution is -2.26. The van der Waals surface area contributed by atoms with Crippen LogP contribution in [0.5, 0.6) is 0 Å². The van der Waals surface area contributed by atoms with Gasteiger partial charge in [0.25, 0.3) is 0 Å². The van der Waals surface area contributed by atoms with Gasteiger partial charge in [-0.3, -0.25) is 0 Å².